The summed E-state index contributed by atoms with van der Waals surface area (Å²) in [6, 6.07) is 14.6. The Kier molecular flexibility index (Phi) is 6.26. The second kappa shape index (κ2) is 8.83. The second-order valence-electron chi connectivity index (χ2n) is 5.46. The molecule has 0 bridgehead atoms. The molecule has 1 heterocycles. The number of halogens is 2. The molecular formula is C19H14BrClN2O4. The zero-order valence-corrected chi connectivity index (χ0v) is 16.3. The first kappa shape index (κ1) is 19.1. The number of anilines is 1. The van der Waals surface area contributed by atoms with Crippen LogP contribution in [0.1, 0.15) is 0 Å². The van der Waals surface area contributed by atoms with Crippen molar-refractivity contribution in [2.75, 3.05) is 18.5 Å². The highest BCUT2D eigenvalue weighted by Crippen LogP contribution is 2.32. The smallest absolute Gasteiger partial charge is 0.344 e. The van der Waals surface area contributed by atoms with Crippen molar-refractivity contribution in [2.24, 2.45) is 0 Å². The Morgan fingerprint density at radius 2 is 1.89 bits per heavy atom. The maximum Gasteiger partial charge on any atom is 0.344 e. The first-order chi connectivity index (χ1) is 13.0. The second-order valence-corrected chi connectivity index (χ2v) is 6.69. The van der Waals surface area contributed by atoms with Gasteiger partial charge in [0.1, 0.15) is 11.6 Å². The molecule has 1 N–H and O–H groups in total. The average Bonchev–Trinajstić information content (AvgIpc) is 2.68. The Bertz CT molecular complexity index is 979. The summed E-state index contributed by atoms with van der Waals surface area (Å²) in [6.07, 6.45) is 1.40. The van der Waals surface area contributed by atoms with E-state index in [9.17, 15) is 9.59 Å². The summed E-state index contributed by atoms with van der Waals surface area (Å²) < 4.78 is 11.1. The van der Waals surface area contributed by atoms with Crippen molar-refractivity contribution >= 4 is 56.0 Å². The Hall–Kier alpha value is -2.64. The van der Waals surface area contributed by atoms with Gasteiger partial charge in [-0.1, -0.05) is 41.9 Å². The predicted molar refractivity (Wildman–Crippen MR) is 106 cm³/mol. The van der Waals surface area contributed by atoms with Gasteiger partial charge in [-0.15, -0.1) is 0 Å². The van der Waals surface area contributed by atoms with Crippen LogP contribution in [0.5, 0.6) is 5.75 Å². The van der Waals surface area contributed by atoms with E-state index in [1.54, 1.807) is 18.2 Å². The van der Waals surface area contributed by atoms with Gasteiger partial charge in [-0.3, -0.25) is 4.79 Å². The molecule has 0 atom stereocenters. The number of fused-ring (bicyclic) bond motifs is 1. The zero-order chi connectivity index (χ0) is 19.2. The van der Waals surface area contributed by atoms with Gasteiger partial charge >= 0.3 is 5.97 Å². The van der Waals surface area contributed by atoms with Gasteiger partial charge < -0.3 is 14.8 Å². The molecular weight excluding hydrogens is 436 g/mol. The van der Waals surface area contributed by atoms with E-state index >= 15 is 0 Å². The molecule has 0 aliphatic heterocycles. The van der Waals surface area contributed by atoms with E-state index in [0.717, 1.165) is 15.2 Å². The normalized spacial score (nSPS) is 10.4. The van der Waals surface area contributed by atoms with Gasteiger partial charge in [0.2, 0.25) is 0 Å². The third-order valence-corrected chi connectivity index (χ3v) is 4.57. The van der Waals surface area contributed by atoms with Crippen molar-refractivity contribution in [3.63, 3.8) is 0 Å². The summed E-state index contributed by atoms with van der Waals surface area (Å²) in [5, 5.41) is 4.97. The van der Waals surface area contributed by atoms with E-state index in [2.05, 4.69) is 26.2 Å². The summed E-state index contributed by atoms with van der Waals surface area (Å²) in [5.41, 5.74) is 0. The van der Waals surface area contributed by atoms with Gasteiger partial charge in [-0.2, -0.15) is 0 Å². The zero-order valence-electron chi connectivity index (χ0n) is 13.9. The van der Waals surface area contributed by atoms with Crippen LogP contribution in [-0.2, 0) is 14.3 Å². The number of pyridine rings is 1. The molecule has 1 amide bonds. The fourth-order valence-electron chi connectivity index (χ4n) is 2.28. The highest BCUT2D eigenvalue weighted by molar-refractivity contribution is 9.10. The van der Waals surface area contributed by atoms with Gasteiger partial charge in [-0.25, -0.2) is 9.78 Å². The number of carbonyl (C=O) groups is 2. The number of benzene rings is 2. The Labute approximate surface area is 168 Å². The Balaban J connectivity index is 1.49. The standard InChI is InChI=1S/C19H14BrClN2O4/c20-19-14-4-2-1-3-12(14)5-7-15(19)26-11-18(25)27-10-17(24)23-16-8-6-13(21)9-22-16/h1-9H,10-11H2,(H,22,23,24). The van der Waals surface area contributed by atoms with Crippen LogP contribution in [0.25, 0.3) is 10.8 Å². The SMILES string of the molecule is O=C(COC(=O)COc1ccc2ccccc2c1Br)Nc1ccc(Cl)cn1. The molecule has 138 valence electrons. The molecule has 3 rings (SSSR count). The maximum atomic E-state index is 11.8. The first-order valence-corrected chi connectivity index (χ1v) is 9.07. The van der Waals surface area contributed by atoms with Crippen LogP contribution >= 0.6 is 27.5 Å². The molecule has 0 fully saturated rings. The fourth-order valence-corrected chi connectivity index (χ4v) is 3.00. The summed E-state index contributed by atoms with van der Waals surface area (Å²) in [5.74, 6) is -0.336. The van der Waals surface area contributed by atoms with Crippen LogP contribution in [0.4, 0.5) is 5.82 Å². The summed E-state index contributed by atoms with van der Waals surface area (Å²) in [7, 11) is 0. The first-order valence-electron chi connectivity index (χ1n) is 7.90. The molecule has 0 aliphatic carbocycles. The molecule has 0 unspecified atom stereocenters. The quantitative estimate of drug-likeness (QED) is 0.570. The minimum atomic E-state index is -0.658. The van der Waals surface area contributed by atoms with Gasteiger partial charge in [0, 0.05) is 6.20 Å². The average molecular weight is 450 g/mol. The molecule has 27 heavy (non-hydrogen) atoms. The van der Waals surface area contributed by atoms with Crippen LogP contribution in [-0.4, -0.2) is 30.1 Å². The van der Waals surface area contributed by atoms with E-state index in [1.165, 1.54) is 6.20 Å². The monoisotopic (exact) mass is 448 g/mol. The predicted octanol–water partition coefficient (Wildman–Crippen LogP) is 4.21. The summed E-state index contributed by atoms with van der Waals surface area (Å²) >= 11 is 9.20. The van der Waals surface area contributed by atoms with Gasteiger partial charge in [-0.05, 0) is 44.9 Å². The van der Waals surface area contributed by atoms with Crippen molar-refractivity contribution in [3.8, 4) is 5.75 Å². The maximum absolute atomic E-state index is 11.8. The molecule has 0 spiro atoms. The van der Waals surface area contributed by atoms with Crippen LogP contribution in [0, 0.1) is 0 Å². The number of aromatic nitrogens is 1. The lowest BCUT2D eigenvalue weighted by atomic mass is 10.1. The van der Waals surface area contributed by atoms with Gasteiger partial charge in [0.05, 0.1) is 9.50 Å². The van der Waals surface area contributed by atoms with E-state index < -0.39 is 18.5 Å². The Morgan fingerprint density at radius 3 is 2.67 bits per heavy atom. The molecule has 3 aromatic rings. The summed E-state index contributed by atoms with van der Waals surface area (Å²) in [6.45, 7) is -0.755. The summed E-state index contributed by atoms with van der Waals surface area (Å²) in [4.78, 5) is 27.5. The molecule has 2 aromatic carbocycles. The Morgan fingerprint density at radius 1 is 1.07 bits per heavy atom. The highest BCUT2D eigenvalue weighted by Gasteiger charge is 2.11. The number of nitrogens with zero attached hydrogens (tertiary/aromatic N) is 1. The van der Waals surface area contributed by atoms with E-state index in [0.29, 0.717) is 16.6 Å². The van der Waals surface area contributed by atoms with Crippen LogP contribution in [0.3, 0.4) is 0 Å². The van der Waals surface area contributed by atoms with Crippen LogP contribution in [0.15, 0.2) is 59.2 Å². The number of amides is 1. The highest BCUT2D eigenvalue weighted by atomic mass is 79.9. The van der Waals surface area contributed by atoms with Gasteiger partial charge in [0.25, 0.3) is 5.91 Å². The number of carbonyl (C=O) groups excluding carboxylic acids is 2. The third-order valence-electron chi connectivity index (χ3n) is 3.53. The molecule has 0 radical (unpaired) electrons. The minimum absolute atomic E-state index is 0.316. The van der Waals surface area contributed by atoms with Crippen molar-refractivity contribution in [3.05, 3.63) is 64.2 Å². The third kappa shape index (κ3) is 5.18. The van der Waals surface area contributed by atoms with Gasteiger partial charge in [0.15, 0.2) is 13.2 Å². The van der Waals surface area contributed by atoms with Crippen LogP contribution < -0.4 is 10.1 Å². The lowest BCUT2D eigenvalue weighted by Gasteiger charge is -2.10. The topological polar surface area (TPSA) is 77.5 Å². The lowest BCUT2D eigenvalue weighted by Crippen LogP contribution is -2.24. The number of hydrogen-bond acceptors (Lipinski definition) is 5. The van der Waals surface area contributed by atoms with Crippen molar-refractivity contribution < 1.29 is 19.1 Å². The number of ether oxygens (including phenoxy) is 2. The van der Waals surface area contributed by atoms with Crippen molar-refractivity contribution in [2.45, 2.75) is 0 Å². The van der Waals surface area contributed by atoms with Crippen molar-refractivity contribution in [1.29, 1.82) is 0 Å². The number of nitrogens with one attached hydrogen (secondary N) is 1. The number of rotatable bonds is 6. The molecule has 8 heteroatoms. The molecule has 6 nitrogen and oxygen atoms in total. The number of hydrogen-bond donors (Lipinski definition) is 1. The fraction of sp³-hybridized carbons (Fsp3) is 0.105. The van der Waals surface area contributed by atoms with Crippen LogP contribution in [0.2, 0.25) is 5.02 Å². The largest absolute Gasteiger partial charge is 0.481 e. The number of esters is 1. The molecule has 0 saturated carbocycles. The molecule has 0 saturated heterocycles. The molecule has 0 aliphatic rings. The van der Waals surface area contributed by atoms with Crippen molar-refractivity contribution in [1.82, 2.24) is 4.98 Å². The van der Waals surface area contributed by atoms with E-state index in [4.69, 9.17) is 21.1 Å². The molecule has 1 aromatic heterocycles. The lowest BCUT2D eigenvalue weighted by molar-refractivity contribution is -0.149. The minimum Gasteiger partial charge on any atom is -0.481 e. The van der Waals surface area contributed by atoms with E-state index in [-0.39, 0.29) is 6.61 Å². The van der Waals surface area contributed by atoms with E-state index in [1.807, 2.05) is 30.3 Å².